The van der Waals surface area contributed by atoms with E-state index in [1.165, 1.54) is 11.6 Å². The molecule has 34 heavy (non-hydrogen) atoms. The highest BCUT2D eigenvalue weighted by Crippen LogP contribution is 2.40. The van der Waals surface area contributed by atoms with Crippen LogP contribution in [0.1, 0.15) is 59.9 Å². The van der Waals surface area contributed by atoms with E-state index >= 15 is 0 Å². The number of fused-ring (bicyclic) bond motifs is 3. The van der Waals surface area contributed by atoms with Gasteiger partial charge in [0.05, 0.1) is 11.1 Å². The lowest BCUT2D eigenvalue weighted by Crippen LogP contribution is -2.31. The van der Waals surface area contributed by atoms with Crippen LogP contribution in [0.15, 0.2) is 71.3 Å². The molecule has 0 saturated heterocycles. The van der Waals surface area contributed by atoms with E-state index in [-0.39, 0.29) is 11.4 Å². The van der Waals surface area contributed by atoms with Crippen molar-refractivity contribution in [3.63, 3.8) is 0 Å². The van der Waals surface area contributed by atoms with E-state index in [1.54, 1.807) is 6.07 Å². The summed E-state index contributed by atoms with van der Waals surface area (Å²) in [6, 6.07) is 19.5. The number of hydrogen-bond donors (Lipinski definition) is 0. The Morgan fingerprint density at radius 2 is 1.76 bits per heavy atom. The summed E-state index contributed by atoms with van der Waals surface area (Å²) < 4.78 is 64.1. The van der Waals surface area contributed by atoms with Gasteiger partial charge in [-0.05, 0) is 60.0 Å². The van der Waals surface area contributed by atoms with E-state index < -0.39 is 19.6 Å². The monoisotopic (exact) mass is 456 g/mol. The largest absolute Gasteiger partial charge is 0.437 e. The summed E-state index contributed by atoms with van der Waals surface area (Å²) >= 11 is 0. The van der Waals surface area contributed by atoms with Gasteiger partial charge in [0, 0.05) is 32.1 Å². The number of furan rings is 1. The third kappa shape index (κ3) is 3.90. The fraction of sp³-hybridized carbons (Fsp3) is 0.290. The molecule has 2 aromatic carbocycles. The van der Waals surface area contributed by atoms with E-state index in [0.717, 1.165) is 39.8 Å². The highest BCUT2D eigenvalue weighted by atomic mass is 16.3. The molecule has 0 amide bonds. The zero-order valence-electron chi connectivity index (χ0n) is 26.9. The normalized spacial score (nSPS) is 16.0. The van der Waals surface area contributed by atoms with Crippen LogP contribution >= 0.6 is 0 Å². The van der Waals surface area contributed by atoms with Crippen molar-refractivity contribution in [2.45, 2.75) is 46.8 Å². The van der Waals surface area contributed by atoms with Crippen molar-refractivity contribution in [2.24, 2.45) is 13.0 Å². The third-order valence-corrected chi connectivity index (χ3v) is 6.30. The van der Waals surface area contributed by atoms with Crippen LogP contribution in [0.3, 0.4) is 0 Å². The highest BCUT2D eigenvalue weighted by Gasteiger charge is 2.25. The Morgan fingerprint density at radius 3 is 2.50 bits per heavy atom. The topological polar surface area (TPSA) is 29.9 Å². The molecule has 0 bridgehead atoms. The summed E-state index contributed by atoms with van der Waals surface area (Å²) in [5.74, 6) is -2.35. The van der Waals surface area contributed by atoms with Crippen LogP contribution in [-0.2, 0) is 13.5 Å². The summed E-state index contributed by atoms with van der Waals surface area (Å²) in [6.07, 6.45) is 2.98. The van der Waals surface area contributed by atoms with E-state index in [2.05, 4.69) is 49.2 Å². The maximum absolute atomic E-state index is 8.56. The van der Waals surface area contributed by atoms with Gasteiger partial charge in [0.2, 0.25) is 11.4 Å². The van der Waals surface area contributed by atoms with Crippen LogP contribution in [0.25, 0.3) is 44.5 Å². The first-order valence-corrected chi connectivity index (χ1v) is 11.5. The molecule has 0 aliphatic heterocycles. The summed E-state index contributed by atoms with van der Waals surface area (Å²) in [5.41, 5.74) is 6.39. The molecule has 3 aromatic heterocycles. The van der Waals surface area contributed by atoms with Gasteiger partial charge in [-0.2, -0.15) is 0 Å². The first kappa shape index (κ1) is 15.4. The highest BCUT2D eigenvalue weighted by molar-refractivity contribution is 6.09. The molecule has 0 saturated carbocycles. The van der Waals surface area contributed by atoms with E-state index in [0.29, 0.717) is 16.9 Å². The van der Waals surface area contributed by atoms with Crippen LogP contribution in [0, 0.1) is 12.8 Å². The first-order valence-electron chi connectivity index (χ1n) is 15.0. The maximum Gasteiger partial charge on any atom is 0.227 e. The number of hydrogen-bond acceptors (Lipinski definition) is 2. The minimum Gasteiger partial charge on any atom is -0.437 e. The van der Waals surface area contributed by atoms with Crippen molar-refractivity contribution < 1.29 is 18.6 Å². The van der Waals surface area contributed by atoms with Crippen molar-refractivity contribution in [3.8, 4) is 22.4 Å². The number of nitrogens with zero attached hydrogens (tertiary/aromatic N) is 2. The molecule has 0 spiro atoms. The minimum atomic E-state index is -3.13. The molecule has 0 aliphatic carbocycles. The van der Waals surface area contributed by atoms with Gasteiger partial charge in [0.25, 0.3) is 0 Å². The summed E-state index contributed by atoms with van der Waals surface area (Å²) in [4.78, 5) is 4.34. The zero-order chi connectivity index (χ0) is 29.9. The zero-order valence-corrected chi connectivity index (χ0v) is 19.9. The molecular weight excluding hydrogens is 416 g/mol. The predicted octanol–water partition coefficient (Wildman–Crippen LogP) is 7.77. The average molecular weight is 457 g/mol. The Hall–Kier alpha value is -3.46. The average Bonchev–Trinajstić information content (AvgIpc) is 3.25. The van der Waals surface area contributed by atoms with Gasteiger partial charge < -0.3 is 4.42 Å². The second kappa shape index (κ2) is 8.72. The van der Waals surface area contributed by atoms with Gasteiger partial charge in [-0.3, -0.25) is 0 Å². The lowest BCUT2D eigenvalue weighted by atomic mass is 9.93. The van der Waals surface area contributed by atoms with Gasteiger partial charge in [0.1, 0.15) is 7.05 Å². The van der Waals surface area contributed by atoms with Crippen molar-refractivity contribution in [1.29, 1.82) is 0 Å². The molecule has 0 radical (unpaired) electrons. The number of aryl methyl sites for hydroxylation is 2. The van der Waals surface area contributed by atoms with Crippen molar-refractivity contribution >= 4 is 22.1 Å². The Balaban J connectivity index is 1.74. The molecular formula is C31H33N2O+. The van der Waals surface area contributed by atoms with Crippen LogP contribution in [0.2, 0.25) is 0 Å². The molecule has 0 aliphatic rings. The second-order valence-electron chi connectivity index (χ2n) is 9.34. The molecule has 3 heteroatoms. The van der Waals surface area contributed by atoms with Gasteiger partial charge in [0.15, 0.2) is 11.8 Å². The molecule has 5 rings (SSSR count). The van der Waals surface area contributed by atoms with Crippen LogP contribution in [-0.4, -0.2) is 4.98 Å². The summed E-state index contributed by atoms with van der Waals surface area (Å²) in [5, 5.41) is 1.38. The Morgan fingerprint density at radius 1 is 1.00 bits per heavy atom. The van der Waals surface area contributed by atoms with E-state index in [1.807, 2.05) is 42.9 Å². The number of benzene rings is 2. The molecule has 172 valence electrons. The minimum absolute atomic E-state index is 0.0904. The lowest BCUT2D eigenvalue weighted by Gasteiger charge is -2.11. The van der Waals surface area contributed by atoms with Gasteiger partial charge >= 0.3 is 0 Å². The molecule has 0 unspecified atom stereocenters. The SMILES string of the molecule is [2H]C([2H])([2H])C([2H])(c1ccc2c(n1)oc1c(-c3c(-c4ccc(CC(C)C)cc4)ccc[n+]3C)c(C)ccc12)C([2H])([2H])[2H]. The third-order valence-electron chi connectivity index (χ3n) is 6.30. The molecule has 3 nitrogen and oxygen atoms in total. The lowest BCUT2D eigenvalue weighted by molar-refractivity contribution is -0.659. The smallest absolute Gasteiger partial charge is 0.227 e. The standard InChI is InChI=1S/C31H33N2O/c1-19(2)18-22-10-12-23(13-11-22)24-8-7-17-33(6)29(24)28-21(5)9-14-25-26-15-16-27(20(3)4)32-31(26)34-30(25)28/h7-17,19-20H,18H2,1-6H3/q+1/i3D3,4D3,20D. The quantitative estimate of drug-likeness (QED) is 0.253. The summed E-state index contributed by atoms with van der Waals surface area (Å²) in [7, 11) is 1.98. The van der Waals surface area contributed by atoms with Crippen molar-refractivity contribution in [3.05, 3.63) is 83.7 Å². The van der Waals surface area contributed by atoms with Crippen LogP contribution in [0.4, 0.5) is 0 Å². The fourth-order valence-electron chi connectivity index (χ4n) is 4.70. The fourth-order valence-corrected chi connectivity index (χ4v) is 4.70. The predicted molar refractivity (Wildman–Crippen MR) is 141 cm³/mol. The van der Waals surface area contributed by atoms with Crippen LogP contribution < -0.4 is 4.57 Å². The number of pyridine rings is 2. The Bertz CT molecular complexity index is 1740. The molecule has 0 atom stereocenters. The van der Waals surface area contributed by atoms with E-state index in [4.69, 9.17) is 14.0 Å². The summed E-state index contributed by atoms with van der Waals surface area (Å²) in [6.45, 7) is 0.137. The van der Waals surface area contributed by atoms with Crippen molar-refractivity contribution in [2.75, 3.05) is 0 Å². The molecule has 3 heterocycles. The van der Waals surface area contributed by atoms with Gasteiger partial charge in [-0.25, -0.2) is 9.55 Å². The van der Waals surface area contributed by atoms with Gasteiger partial charge in [-0.1, -0.05) is 63.9 Å². The number of aromatic nitrogens is 2. The van der Waals surface area contributed by atoms with E-state index in [9.17, 15) is 0 Å². The Kier molecular flexibility index (Phi) is 3.96. The van der Waals surface area contributed by atoms with Crippen LogP contribution in [0.5, 0.6) is 0 Å². The molecule has 0 N–H and O–H groups in total. The maximum atomic E-state index is 8.56. The van der Waals surface area contributed by atoms with Gasteiger partial charge in [-0.15, -0.1) is 0 Å². The second-order valence-corrected chi connectivity index (χ2v) is 9.34. The first-order chi connectivity index (χ1) is 19.1. The molecule has 0 fully saturated rings. The molecule has 5 aromatic rings. The Labute approximate surface area is 211 Å². The number of rotatable bonds is 5. The van der Waals surface area contributed by atoms with Crippen molar-refractivity contribution in [1.82, 2.24) is 4.98 Å².